The Kier molecular flexibility index (Phi) is 17.5. The van der Waals surface area contributed by atoms with Crippen LogP contribution in [0.25, 0.3) is 0 Å². The van der Waals surface area contributed by atoms with E-state index in [9.17, 15) is 27.2 Å². The molecule has 1 N–H and O–H groups in total. The van der Waals surface area contributed by atoms with Gasteiger partial charge in [-0.15, -0.1) is 0 Å². The summed E-state index contributed by atoms with van der Waals surface area (Å²) in [5, 5.41) is 2.69. The number of esters is 1. The third kappa shape index (κ3) is 13.7. The maximum Gasteiger partial charge on any atom is 0.313 e. The average molecular weight is 542 g/mol. The van der Waals surface area contributed by atoms with Crippen LogP contribution < -0.4 is 10.1 Å². The molecule has 37 heavy (non-hydrogen) atoms. The summed E-state index contributed by atoms with van der Waals surface area (Å²) in [6.45, 7) is 6.64. The number of carbonyl (C=O) groups excluding carboxylic acids is 2. The van der Waals surface area contributed by atoms with E-state index >= 15 is 0 Å². The van der Waals surface area contributed by atoms with E-state index in [1.165, 1.54) is 0 Å². The minimum atomic E-state index is -2.06. The molecule has 1 rings (SSSR count). The first kappa shape index (κ1) is 32.7. The molecule has 1 aromatic rings. The van der Waals surface area contributed by atoms with Crippen LogP contribution in [0.2, 0.25) is 0 Å². The van der Waals surface area contributed by atoms with E-state index in [1.807, 2.05) is 6.92 Å². The Balaban J connectivity index is 1.98. The van der Waals surface area contributed by atoms with Crippen LogP contribution in [-0.4, -0.2) is 84.5 Å². The second-order valence-electron chi connectivity index (χ2n) is 7.60. The number of amides is 1. The lowest BCUT2D eigenvalue weighted by molar-refractivity contribution is -0.136. The van der Waals surface area contributed by atoms with Crippen LogP contribution in [0.15, 0.2) is 0 Å². The zero-order chi connectivity index (χ0) is 27.5. The van der Waals surface area contributed by atoms with Gasteiger partial charge in [-0.2, -0.15) is 4.39 Å². The second kappa shape index (κ2) is 19.7. The number of ether oxygens (including phenoxy) is 6. The highest BCUT2D eigenvalue weighted by atomic mass is 19.2. The molecule has 9 nitrogen and oxygen atoms in total. The molecule has 0 saturated carbocycles. The van der Waals surface area contributed by atoms with E-state index in [0.29, 0.717) is 39.6 Å². The molecule has 0 fully saturated rings. The molecule has 0 bridgehead atoms. The fourth-order valence-corrected chi connectivity index (χ4v) is 2.69. The van der Waals surface area contributed by atoms with Crippen molar-refractivity contribution in [2.24, 2.45) is 0 Å². The number of nitrogens with one attached hydrogen (secondary N) is 1. The second-order valence-corrected chi connectivity index (χ2v) is 7.60. The summed E-state index contributed by atoms with van der Waals surface area (Å²) in [5.41, 5.74) is -0.662. The highest BCUT2D eigenvalue weighted by Gasteiger charge is 2.25. The van der Waals surface area contributed by atoms with Crippen LogP contribution in [0.1, 0.15) is 31.7 Å². The largest absolute Gasteiger partial charge is 0.423 e. The first-order valence-electron chi connectivity index (χ1n) is 12.0. The summed E-state index contributed by atoms with van der Waals surface area (Å²) in [5.74, 6) is -9.69. The zero-order valence-electron chi connectivity index (χ0n) is 21.2. The lowest BCUT2D eigenvalue weighted by Gasteiger charge is -2.11. The van der Waals surface area contributed by atoms with Crippen molar-refractivity contribution in [1.82, 2.24) is 5.32 Å². The van der Waals surface area contributed by atoms with E-state index in [1.54, 1.807) is 0 Å². The van der Waals surface area contributed by atoms with Gasteiger partial charge in [-0.25, -0.2) is 13.2 Å². The Labute approximate surface area is 213 Å². The fraction of sp³-hybridized carbons (Fsp3) is 0.667. The van der Waals surface area contributed by atoms with E-state index in [4.69, 9.17) is 23.7 Å². The predicted molar refractivity (Wildman–Crippen MR) is 123 cm³/mol. The normalized spacial score (nSPS) is 11.1. The quantitative estimate of drug-likeness (QED) is 0.0634. The highest BCUT2D eigenvalue weighted by molar-refractivity contribution is 5.75. The number of benzene rings is 1. The van der Waals surface area contributed by atoms with Crippen molar-refractivity contribution >= 4 is 11.9 Å². The standard InChI is InChI=1S/C24H35F4NO8/c1-3-7-32-11-15-36-16-14-35-10-6-29-18(30)4-8-33-12-13-34-9-5-19(31)37-24-17(2)20(25)21(26)22(27)23(24)28/h3-16H2,1-2H3,(H,29,30). The van der Waals surface area contributed by atoms with E-state index in [-0.39, 0.29) is 45.2 Å². The molecule has 0 aliphatic rings. The van der Waals surface area contributed by atoms with Crippen LogP contribution in [0.5, 0.6) is 5.75 Å². The highest BCUT2D eigenvalue weighted by Crippen LogP contribution is 2.30. The van der Waals surface area contributed by atoms with Gasteiger partial charge in [0.2, 0.25) is 17.5 Å². The minimum Gasteiger partial charge on any atom is -0.423 e. The maximum atomic E-state index is 13.7. The van der Waals surface area contributed by atoms with Gasteiger partial charge in [-0.3, -0.25) is 9.59 Å². The van der Waals surface area contributed by atoms with Crippen LogP contribution in [-0.2, 0) is 33.3 Å². The third-order valence-electron chi connectivity index (χ3n) is 4.62. The molecule has 0 radical (unpaired) electrons. The molecular formula is C24H35F4NO8. The lowest BCUT2D eigenvalue weighted by Crippen LogP contribution is -2.28. The molecule has 1 aromatic carbocycles. The fourth-order valence-electron chi connectivity index (χ4n) is 2.69. The maximum absolute atomic E-state index is 13.7. The van der Waals surface area contributed by atoms with E-state index < -0.39 is 40.6 Å². The van der Waals surface area contributed by atoms with E-state index in [2.05, 4.69) is 10.1 Å². The number of rotatable bonds is 21. The van der Waals surface area contributed by atoms with Crippen molar-refractivity contribution in [3.63, 3.8) is 0 Å². The summed E-state index contributed by atoms with van der Waals surface area (Å²) < 4.78 is 84.6. The Morgan fingerprint density at radius 1 is 0.649 bits per heavy atom. The first-order chi connectivity index (χ1) is 17.8. The average Bonchev–Trinajstić information content (AvgIpc) is 2.89. The molecule has 0 spiro atoms. The van der Waals surface area contributed by atoms with Crippen LogP contribution in [0.4, 0.5) is 17.6 Å². The van der Waals surface area contributed by atoms with Crippen molar-refractivity contribution in [2.75, 3.05) is 72.6 Å². The van der Waals surface area contributed by atoms with Crippen LogP contribution >= 0.6 is 0 Å². The topological polar surface area (TPSA) is 102 Å². The van der Waals surface area contributed by atoms with Crippen LogP contribution in [0, 0.1) is 30.2 Å². The lowest BCUT2D eigenvalue weighted by atomic mass is 10.2. The van der Waals surface area contributed by atoms with E-state index in [0.717, 1.165) is 20.0 Å². The summed E-state index contributed by atoms with van der Waals surface area (Å²) in [6.07, 6.45) is 0.769. The Hall–Kier alpha value is -2.32. The number of hydrogen-bond acceptors (Lipinski definition) is 8. The monoisotopic (exact) mass is 541 g/mol. The van der Waals surface area contributed by atoms with Gasteiger partial charge in [-0.1, -0.05) is 6.92 Å². The molecule has 1 amide bonds. The third-order valence-corrected chi connectivity index (χ3v) is 4.62. The molecule has 0 atom stereocenters. The molecule has 0 heterocycles. The summed E-state index contributed by atoms with van der Waals surface area (Å²) >= 11 is 0. The smallest absolute Gasteiger partial charge is 0.313 e. The summed E-state index contributed by atoms with van der Waals surface area (Å²) in [4.78, 5) is 23.5. The van der Waals surface area contributed by atoms with Gasteiger partial charge in [-0.05, 0) is 13.3 Å². The van der Waals surface area contributed by atoms with Crippen molar-refractivity contribution in [3.8, 4) is 5.75 Å². The van der Waals surface area contributed by atoms with Gasteiger partial charge in [0.05, 0.1) is 65.9 Å². The zero-order valence-corrected chi connectivity index (χ0v) is 21.2. The van der Waals surface area contributed by atoms with Crippen LogP contribution in [0.3, 0.4) is 0 Å². The van der Waals surface area contributed by atoms with Crippen molar-refractivity contribution in [3.05, 3.63) is 28.8 Å². The molecule has 212 valence electrons. The Morgan fingerprint density at radius 3 is 1.73 bits per heavy atom. The van der Waals surface area contributed by atoms with Gasteiger partial charge in [0.25, 0.3) is 0 Å². The van der Waals surface area contributed by atoms with Gasteiger partial charge >= 0.3 is 5.97 Å². The number of carbonyl (C=O) groups is 2. The van der Waals surface area contributed by atoms with Gasteiger partial charge in [0, 0.05) is 25.1 Å². The number of hydrogen-bond donors (Lipinski definition) is 1. The Bertz CT molecular complexity index is 799. The molecule has 0 aliphatic heterocycles. The molecule has 13 heteroatoms. The molecule has 0 aliphatic carbocycles. The Morgan fingerprint density at radius 2 is 1.14 bits per heavy atom. The first-order valence-corrected chi connectivity index (χ1v) is 12.0. The van der Waals surface area contributed by atoms with Gasteiger partial charge in [0.1, 0.15) is 0 Å². The molecule has 0 saturated heterocycles. The summed E-state index contributed by atoms with van der Waals surface area (Å²) in [7, 11) is 0. The minimum absolute atomic E-state index is 0.0999. The molecule has 0 unspecified atom stereocenters. The van der Waals surface area contributed by atoms with Crippen molar-refractivity contribution < 1.29 is 55.6 Å². The molecular weight excluding hydrogens is 506 g/mol. The SMILES string of the molecule is CCCOCCOCCOCCNC(=O)CCOCCOCCC(=O)Oc1c(C)c(F)c(F)c(F)c1F. The predicted octanol–water partition coefficient (Wildman–Crippen LogP) is 2.85. The van der Waals surface area contributed by atoms with Crippen molar-refractivity contribution in [2.45, 2.75) is 33.1 Å². The summed E-state index contributed by atoms with van der Waals surface area (Å²) in [6, 6.07) is 0. The van der Waals surface area contributed by atoms with Gasteiger partial charge < -0.3 is 33.7 Å². The number of halogens is 4. The van der Waals surface area contributed by atoms with Gasteiger partial charge in [0.15, 0.2) is 17.4 Å². The van der Waals surface area contributed by atoms with Crippen molar-refractivity contribution in [1.29, 1.82) is 0 Å². The molecule has 0 aromatic heterocycles.